The van der Waals surface area contributed by atoms with Crippen LogP contribution in [0.5, 0.6) is 0 Å². The fraction of sp³-hybridized carbons (Fsp3) is 0.688. The average Bonchev–Trinajstić information content (AvgIpc) is 3.27. The molecule has 6 heteroatoms. The van der Waals surface area contributed by atoms with E-state index in [1.54, 1.807) is 6.08 Å². The third kappa shape index (κ3) is 3.00. The molecule has 22 heavy (non-hydrogen) atoms. The van der Waals surface area contributed by atoms with Crippen LogP contribution in [0.4, 0.5) is 4.79 Å². The normalized spacial score (nSPS) is 28.0. The van der Waals surface area contributed by atoms with Gasteiger partial charge in [-0.15, -0.1) is 0 Å². The van der Waals surface area contributed by atoms with E-state index in [-0.39, 0.29) is 5.78 Å². The smallest absolute Gasteiger partial charge is 0.323 e. The van der Waals surface area contributed by atoms with Crippen molar-refractivity contribution in [2.45, 2.75) is 51.6 Å². The van der Waals surface area contributed by atoms with Crippen molar-refractivity contribution >= 4 is 17.7 Å². The summed E-state index contributed by atoms with van der Waals surface area (Å²) in [5, 5.41) is 4.96. The van der Waals surface area contributed by atoms with E-state index in [0.29, 0.717) is 0 Å². The standard InChI is InChI=1S/C16H23N3O3/c1-2-3-8-19-11(7-6-10-4-5-10)9-12(20)13-14(19)17-16(22)18-15(13)21/h9-10,13-14H,2-8H2,1H3,(H2,17,18,21,22). The molecule has 3 rings (SSSR count). The summed E-state index contributed by atoms with van der Waals surface area (Å²) in [5.74, 6) is -0.719. The Morgan fingerprint density at radius 2 is 2.05 bits per heavy atom. The highest BCUT2D eigenvalue weighted by atomic mass is 16.2. The average molecular weight is 305 g/mol. The van der Waals surface area contributed by atoms with Gasteiger partial charge in [0.2, 0.25) is 5.91 Å². The highest BCUT2D eigenvalue weighted by molar-refractivity contribution is 6.13. The molecule has 2 atom stereocenters. The summed E-state index contributed by atoms with van der Waals surface area (Å²) < 4.78 is 0. The van der Waals surface area contributed by atoms with Crippen LogP contribution in [0.3, 0.4) is 0 Å². The zero-order chi connectivity index (χ0) is 15.7. The van der Waals surface area contributed by atoms with Crippen LogP contribution in [0, 0.1) is 11.8 Å². The molecule has 6 nitrogen and oxygen atoms in total. The summed E-state index contributed by atoms with van der Waals surface area (Å²) >= 11 is 0. The molecule has 3 amide bonds. The van der Waals surface area contributed by atoms with Crippen LogP contribution in [0.15, 0.2) is 11.8 Å². The van der Waals surface area contributed by atoms with Gasteiger partial charge in [-0.2, -0.15) is 0 Å². The molecule has 0 radical (unpaired) electrons. The number of hydrogen-bond donors (Lipinski definition) is 2. The highest BCUT2D eigenvalue weighted by Crippen LogP contribution is 2.36. The molecule has 1 aliphatic carbocycles. The molecule has 2 aliphatic heterocycles. The summed E-state index contributed by atoms with van der Waals surface area (Å²) in [6.07, 6.45) is 7.58. The van der Waals surface area contributed by atoms with Crippen LogP contribution in [-0.2, 0) is 9.59 Å². The van der Waals surface area contributed by atoms with E-state index in [0.717, 1.165) is 43.8 Å². The van der Waals surface area contributed by atoms with Crippen molar-refractivity contribution < 1.29 is 14.4 Å². The Morgan fingerprint density at radius 1 is 1.27 bits per heavy atom. The monoisotopic (exact) mass is 305 g/mol. The number of amides is 3. The predicted molar refractivity (Wildman–Crippen MR) is 80.6 cm³/mol. The number of nitrogens with zero attached hydrogens (tertiary/aromatic N) is 1. The van der Waals surface area contributed by atoms with Crippen molar-refractivity contribution in [2.24, 2.45) is 11.8 Å². The molecule has 0 aromatic heterocycles. The molecule has 0 aromatic rings. The molecule has 0 aromatic carbocycles. The van der Waals surface area contributed by atoms with Gasteiger partial charge in [-0.1, -0.05) is 26.2 Å². The van der Waals surface area contributed by atoms with Gasteiger partial charge in [0.15, 0.2) is 5.78 Å². The lowest BCUT2D eigenvalue weighted by atomic mass is 9.90. The van der Waals surface area contributed by atoms with Gasteiger partial charge in [-0.3, -0.25) is 14.9 Å². The Hall–Kier alpha value is -1.85. The summed E-state index contributed by atoms with van der Waals surface area (Å²) in [6.45, 7) is 2.86. The number of carbonyl (C=O) groups excluding carboxylic acids is 3. The van der Waals surface area contributed by atoms with Gasteiger partial charge < -0.3 is 10.2 Å². The van der Waals surface area contributed by atoms with Crippen LogP contribution in [-0.4, -0.2) is 35.3 Å². The number of carbonyl (C=O) groups is 3. The maximum absolute atomic E-state index is 12.3. The Balaban J connectivity index is 1.82. The van der Waals surface area contributed by atoms with E-state index in [4.69, 9.17) is 0 Å². The number of rotatable bonds is 6. The van der Waals surface area contributed by atoms with Crippen molar-refractivity contribution in [3.63, 3.8) is 0 Å². The lowest BCUT2D eigenvalue weighted by Gasteiger charge is -2.43. The van der Waals surface area contributed by atoms with Gasteiger partial charge in [-0.05, 0) is 25.2 Å². The minimum Gasteiger partial charge on any atom is -0.353 e. The first-order valence-corrected chi connectivity index (χ1v) is 8.22. The van der Waals surface area contributed by atoms with E-state index in [1.807, 2.05) is 0 Å². The number of fused-ring (bicyclic) bond motifs is 1. The van der Waals surface area contributed by atoms with Crippen molar-refractivity contribution in [1.82, 2.24) is 15.5 Å². The lowest BCUT2D eigenvalue weighted by Crippen LogP contribution is -2.67. The SMILES string of the molecule is CCCCN1C(CCC2CC2)=CC(=O)C2C(=O)NC(=O)NC21. The third-order valence-electron chi connectivity index (χ3n) is 4.69. The van der Waals surface area contributed by atoms with Gasteiger partial charge in [0.25, 0.3) is 0 Å². The number of imide groups is 1. The summed E-state index contributed by atoms with van der Waals surface area (Å²) in [7, 11) is 0. The molecule has 2 unspecified atom stereocenters. The van der Waals surface area contributed by atoms with E-state index < -0.39 is 24.0 Å². The van der Waals surface area contributed by atoms with Crippen LogP contribution in [0.1, 0.15) is 45.4 Å². The molecule has 3 aliphatic rings. The van der Waals surface area contributed by atoms with Gasteiger partial charge in [-0.25, -0.2) is 4.79 Å². The van der Waals surface area contributed by atoms with Gasteiger partial charge in [0.1, 0.15) is 12.1 Å². The molecule has 0 bridgehead atoms. The molecule has 2 N–H and O–H groups in total. The molecule has 1 saturated heterocycles. The Labute approximate surface area is 130 Å². The van der Waals surface area contributed by atoms with Crippen molar-refractivity contribution in [3.05, 3.63) is 11.8 Å². The largest absolute Gasteiger partial charge is 0.353 e. The number of nitrogens with one attached hydrogen (secondary N) is 2. The highest BCUT2D eigenvalue weighted by Gasteiger charge is 2.46. The van der Waals surface area contributed by atoms with Gasteiger partial charge >= 0.3 is 6.03 Å². The number of hydrogen-bond acceptors (Lipinski definition) is 4. The Morgan fingerprint density at radius 3 is 2.73 bits per heavy atom. The van der Waals surface area contributed by atoms with Crippen LogP contribution >= 0.6 is 0 Å². The second-order valence-electron chi connectivity index (χ2n) is 6.45. The number of ketones is 1. The van der Waals surface area contributed by atoms with E-state index in [9.17, 15) is 14.4 Å². The first-order chi connectivity index (χ1) is 10.6. The molecule has 120 valence electrons. The predicted octanol–water partition coefficient (Wildman–Crippen LogP) is 1.53. The number of unbranched alkanes of at least 4 members (excludes halogenated alkanes) is 1. The molecule has 0 spiro atoms. The maximum Gasteiger partial charge on any atom is 0.323 e. The minimum absolute atomic E-state index is 0.193. The van der Waals surface area contributed by atoms with Crippen LogP contribution in [0.25, 0.3) is 0 Å². The van der Waals surface area contributed by atoms with Crippen LogP contribution < -0.4 is 10.6 Å². The zero-order valence-electron chi connectivity index (χ0n) is 12.9. The third-order valence-corrected chi connectivity index (χ3v) is 4.69. The van der Waals surface area contributed by atoms with Crippen molar-refractivity contribution in [1.29, 1.82) is 0 Å². The summed E-state index contributed by atoms with van der Waals surface area (Å²) in [6, 6.07) is -0.510. The zero-order valence-corrected chi connectivity index (χ0v) is 12.9. The Kier molecular flexibility index (Phi) is 4.18. The van der Waals surface area contributed by atoms with Crippen molar-refractivity contribution in [2.75, 3.05) is 6.54 Å². The molecular weight excluding hydrogens is 282 g/mol. The molecular formula is C16H23N3O3. The lowest BCUT2D eigenvalue weighted by molar-refractivity contribution is -0.136. The maximum atomic E-state index is 12.3. The second kappa shape index (κ2) is 6.10. The Bertz CT molecular complexity index is 525. The van der Waals surface area contributed by atoms with Gasteiger partial charge in [0, 0.05) is 18.3 Å². The van der Waals surface area contributed by atoms with E-state index in [2.05, 4.69) is 22.5 Å². The number of allylic oxidation sites excluding steroid dienone is 2. The molecule has 1 saturated carbocycles. The summed E-state index contributed by atoms with van der Waals surface area (Å²) in [5.41, 5.74) is 0.974. The second-order valence-corrected chi connectivity index (χ2v) is 6.45. The first-order valence-electron chi connectivity index (χ1n) is 8.22. The topological polar surface area (TPSA) is 78.5 Å². The fourth-order valence-corrected chi connectivity index (χ4v) is 3.23. The van der Waals surface area contributed by atoms with E-state index in [1.165, 1.54) is 12.8 Å². The molecule has 2 fully saturated rings. The van der Waals surface area contributed by atoms with Gasteiger partial charge in [0.05, 0.1) is 0 Å². The van der Waals surface area contributed by atoms with E-state index >= 15 is 0 Å². The fourth-order valence-electron chi connectivity index (χ4n) is 3.23. The quantitative estimate of drug-likeness (QED) is 0.729. The first kappa shape index (κ1) is 15.1. The minimum atomic E-state index is -0.820. The molecule has 2 heterocycles. The summed E-state index contributed by atoms with van der Waals surface area (Å²) in [4.78, 5) is 38.0. The van der Waals surface area contributed by atoms with Crippen LogP contribution in [0.2, 0.25) is 0 Å². The number of urea groups is 1. The van der Waals surface area contributed by atoms with Crippen molar-refractivity contribution in [3.8, 4) is 0 Å².